The molecule has 32 heavy (non-hydrogen) atoms. The van der Waals surface area contributed by atoms with Crippen LogP contribution in [0.15, 0.2) is 53.6 Å². The van der Waals surface area contributed by atoms with Crippen LogP contribution in [0.5, 0.6) is 5.75 Å². The predicted molar refractivity (Wildman–Crippen MR) is 118 cm³/mol. The highest BCUT2D eigenvalue weighted by Crippen LogP contribution is 2.21. The molecule has 9 heteroatoms. The first kappa shape index (κ1) is 22.8. The second-order valence-electron chi connectivity index (χ2n) is 7.27. The van der Waals surface area contributed by atoms with Crippen LogP contribution in [0.1, 0.15) is 46.2 Å². The molecule has 1 aliphatic heterocycles. The number of hydrogen-bond donors (Lipinski definition) is 2. The summed E-state index contributed by atoms with van der Waals surface area (Å²) in [6, 6.07) is 5.95. The summed E-state index contributed by atoms with van der Waals surface area (Å²) >= 11 is 0. The van der Waals surface area contributed by atoms with Gasteiger partial charge in [0, 0.05) is 31.4 Å². The van der Waals surface area contributed by atoms with E-state index in [4.69, 9.17) is 0 Å². The smallest absolute Gasteiger partial charge is 0.277 e. The van der Waals surface area contributed by atoms with Crippen LogP contribution in [-0.2, 0) is 6.54 Å². The maximum Gasteiger partial charge on any atom is 0.277 e. The van der Waals surface area contributed by atoms with Gasteiger partial charge in [0.2, 0.25) is 5.43 Å². The predicted octanol–water partition coefficient (Wildman–Crippen LogP) is 2.12. The maximum absolute atomic E-state index is 13.8. The molecule has 0 fully saturated rings. The van der Waals surface area contributed by atoms with Crippen LogP contribution < -0.4 is 15.8 Å². The fourth-order valence-corrected chi connectivity index (χ4v) is 3.46. The van der Waals surface area contributed by atoms with Crippen LogP contribution in [-0.4, -0.2) is 46.3 Å². The summed E-state index contributed by atoms with van der Waals surface area (Å²) in [6.07, 6.45) is 4.45. The summed E-state index contributed by atoms with van der Waals surface area (Å²) in [5, 5.41) is 14.8. The molecule has 0 bridgehead atoms. The number of pyridine rings is 1. The van der Waals surface area contributed by atoms with E-state index in [1.54, 1.807) is 24.1 Å². The lowest BCUT2D eigenvalue weighted by atomic mass is 10.1. The van der Waals surface area contributed by atoms with Gasteiger partial charge >= 0.3 is 0 Å². The van der Waals surface area contributed by atoms with Crippen molar-refractivity contribution in [2.24, 2.45) is 0 Å². The number of carbonyl (C=O) groups is 2. The molecule has 0 saturated carbocycles. The highest BCUT2D eigenvalue weighted by atomic mass is 19.1. The van der Waals surface area contributed by atoms with Crippen LogP contribution in [0.4, 0.5) is 4.39 Å². The fourth-order valence-electron chi connectivity index (χ4n) is 3.46. The Morgan fingerprint density at radius 2 is 2.09 bits per heavy atom. The minimum Gasteiger partial charge on any atom is -0.502 e. The van der Waals surface area contributed by atoms with Crippen molar-refractivity contribution in [1.29, 1.82) is 0 Å². The summed E-state index contributed by atoms with van der Waals surface area (Å²) in [5.41, 5.74) is 1.48. The molecule has 1 aromatic heterocycles. The van der Waals surface area contributed by atoms with E-state index in [0.29, 0.717) is 25.9 Å². The van der Waals surface area contributed by atoms with Gasteiger partial charge in [0.1, 0.15) is 18.0 Å². The van der Waals surface area contributed by atoms with Crippen molar-refractivity contribution < 1.29 is 19.1 Å². The summed E-state index contributed by atoms with van der Waals surface area (Å²) in [7, 11) is 0. The third-order valence-electron chi connectivity index (χ3n) is 5.23. The first-order valence-corrected chi connectivity index (χ1v) is 10.3. The van der Waals surface area contributed by atoms with Crippen LogP contribution in [0.2, 0.25) is 0 Å². The van der Waals surface area contributed by atoms with Gasteiger partial charge in [0.15, 0.2) is 11.4 Å². The van der Waals surface area contributed by atoms with E-state index in [2.05, 4.69) is 17.6 Å². The summed E-state index contributed by atoms with van der Waals surface area (Å²) in [6.45, 7) is 6.31. The summed E-state index contributed by atoms with van der Waals surface area (Å²) in [4.78, 5) is 39.7. The third kappa shape index (κ3) is 4.58. The van der Waals surface area contributed by atoms with Crippen molar-refractivity contribution in [3.8, 4) is 5.75 Å². The van der Waals surface area contributed by atoms with Gasteiger partial charge in [-0.25, -0.2) is 4.39 Å². The maximum atomic E-state index is 13.8. The van der Waals surface area contributed by atoms with Gasteiger partial charge in [-0.05, 0) is 31.9 Å². The number of rotatable bonds is 8. The number of fused-ring (bicyclic) bond motifs is 1. The topological polar surface area (TPSA) is 94.9 Å². The molecule has 2 amide bonds. The quantitative estimate of drug-likeness (QED) is 0.484. The first-order valence-electron chi connectivity index (χ1n) is 10.3. The van der Waals surface area contributed by atoms with E-state index in [9.17, 15) is 23.9 Å². The number of benzene rings is 1. The van der Waals surface area contributed by atoms with Gasteiger partial charge in [-0.15, -0.1) is 5.73 Å². The molecular formula is C23H25FN4O4. The number of carbonyl (C=O) groups excluding carboxylic acids is 2. The zero-order valence-corrected chi connectivity index (χ0v) is 17.8. The third-order valence-corrected chi connectivity index (χ3v) is 5.23. The van der Waals surface area contributed by atoms with Crippen molar-refractivity contribution in [1.82, 2.24) is 14.9 Å². The van der Waals surface area contributed by atoms with Gasteiger partial charge in [-0.3, -0.25) is 24.1 Å². The van der Waals surface area contributed by atoms with E-state index in [-0.39, 0.29) is 30.0 Å². The number of amides is 2. The zero-order valence-electron chi connectivity index (χ0n) is 17.8. The Labute approximate surface area is 184 Å². The molecular weight excluding hydrogens is 415 g/mol. The molecule has 3 rings (SSSR count). The molecule has 1 aromatic carbocycles. The minimum absolute atomic E-state index is 0.131. The second-order valence-corrected chi connectivity index (χ2v) is 7.27. The molecule has 2 heterocycles. The van der Waals surface area contributed by atoms with Crippen LogP contribution in [0, 0.1) is 5.82 Å². The Balaban J connectivity index is 1.94. The molecule has 2 N–H and O–H groups in total. The Morgan fingerprint density at radius 1 is 1.34 bits per heavy atom. The molecule has 168 valence electrons. The molecule has 0 saturated heterocycles. The highest BCUT2D eigenvalue weighted by molar-refractivity contribution is 5.99. The lowest BCUT2D eigenvalue weighted by molar-refractivity contribution is 0.0695. The lowest BCUT2D eigenvalue weighted by Crippen LogP contribution is -2.54. The number of unbranched alkanes of at least 4 members (excludes halogenated alkanes) is 1. The van der Waals surface area contributed by atoms with E-state index < -0.39 is 28.8 Å². The summed E-state index contributed by atoms with van der Waals surface area (Å²) < 4.78 is 15.2. The molecule has 0 spiro atoms. The Bertz CT molecular complexity index is 1140. The van der Waals surface area contributed by atoms with Crippen molar-refractivity contribution in [2.75, 3.05) is 24.8 Å². The molecule has 0 aliphatic carbocycles. The number of nitrogens with zero attached hydrogens (tertiary/aromatic N) is 3. The second kappa shape index (κ2) is 9.98. The molecule has 0 unspecified atom stereocenters. The van der Waals surface area contributed by atoms with Crippen molar-refractivity contribution in [3.63, 3.8) is 0 Å². The normalized spacial score (nSPS) is 12.9. The number of aromatic hydroxyl groups is 1. The monoisotopic (exact) mass is 440 g/mol. The number of allylic oxidation sites excluding steroid dienone is 1. The lowest BCUT2D eigenvalue weighted by Gasteiger charge is -2.39. The van der Waals surface area contributed by atoms with E-state index >= 15 is 0 Å². The van der Waals surface area contributed by atoms with Crippen molar-refractivity contribution in [3.05, 3.63) is 81.7 Å². The van der Waals surface area contributed by atoms with E-state index in [1.165, 1.54) is 34.0 Å². The molecule has 1 aliphatic rings. The molecule has 2 aromatic rings. The zero-order chi connectivity index (χ0) is 23.3. The summed E-state index contributed by atoms with van der Waals surface area (Å²) in [5.74, 6) is -2.54. The van der Waals surface area contributed by atoms with Gasteiger partial charge < -0.3 is 15.3 Å². The van der Waals surface area contributed by atoms with E-state index in [0.717, 1.165) is 0 Å². The standard InChI is InChI=1S/C23H25FN4O4/c1-3-5-6-9-12-27-15-26(4-2)23(32)19-21(30)20(29)17(14-28(19)27)22(31)25-13-16-10-7-8-11-18(16)24/h5,7-8,10-11,14,30H,1,4,6,9,12-13,15H2,2H3,(H,25,31). The van der Waals surface area contributed by atoms with Crippen LogP contribution in [0.25, 0.3) is 0 Å². The molecule has 0 atom stereocenters. The SMILES string of the molecule is C=C=CCCCN1CN(CC)C(=O)c2c(O)c(=O)c(C(=O)NCc3ccccc3F)cn21. The average Bonchev–Trinajstić information content (AvgIpc) is 2.79. The van der Waals surface area contributed by atoms with Gasteiger partial charge in [-0.2, -0.15) is 0 Å². The van der Waals surface area contributed by atoms with Crippen LogP contribution in [0.3, 0.4) is 0 Å². The van der Waals surface area contributed by atoms with Crippen molar-refractivity contribution >= 4 is 11.8 Å². The number of halogens is 1. The Hall–Kier alpha value is -3.84. The minimum atomic E-state index is -0.955. The number of nitrogens with one attached hydrogen (secondary N) is 1. The average molecular weight is 440 g/mol. The van der Waals surface area contributed by atoms with Gasteiger partial charge in [0.05, 0.1) is 0 Å². The first-order chi connectivity index (χ1) is 15.4. The van der Waals surface area contributed by atoms with Crippen LogP contribution >= 0.6 is 0 Å². The van der Waals surface area contributed by atoms with E-state index in [1.807, 2.05) is 0 Å². The number of hydrogen-bond acceptors (Lipinski definition) is 5. The molecule has 8 nitrogen and oxygen atoms in total. The van der Waals surface area contributed by atoms with Crippen molar-refractivity contribution in [2.45, 2.75) is 26.3 Å². The Morgan fingerprint density at radius 3 is 2.78 bits per heavy atom. The molecule has 0 radical (unpaired) electrons. The van der Waals surface area contributed by atoms with Gasteiger partial charge in [0.25, 0.3) is 11.8 Å². The number of aromatic nitrogens is 1. The highest BCUT2D eigenvalue weighted by Gasteiger charge is 2.33. The van der Waals surface area contributed by atoms with Gasteiger partial charge in [-0.1, -0.05) is 24.8 Å². The largest absolute Gasteiger partial charge is 0.502 e. The fraction of sp³-hybridized carbons (Fsp3) is 0.304. The Kier molecular flexibility index (Phi) is 7.12.